The number of hydrogen-bond acceptors (Lipinski definition) is 6. The van der Waals surface area contributed by atoms with Gasteiger partial charge in [-0.3, -0.25) is 4.79 Å². The summed E-state index contributed by atoms with van der Waals surface area (Å²) >= 11 is 1.48. The quantitative estimate of drug-likeness (QED) is 0.553. The van der Waals surface area contributed by atoms with Gasteiger partial charge in [0.2, 0.25) is 11.1 Å². The predicted octanol–water partition coefficient (Wildman–Crippen LogP) is 4.60. The van der Waals surface area contributed by atoms with Crippen LogP contribution in [0.3, 0.4) is 0 Å². The van der Waals surface area contributed by atoms with Gasteiger partial charge in [-0.2, -0.15) is 4.98 Å². The summed E-state index contributed by atoms with van der Waals surface area (Å²) in [5.74, 6) is 0.489. The van der Waals surface area contributed by atoms with Gasteiger partial charge in [0.1, 0.15) is 6.04 Å². The van der Waals surface area contributed by atoms with Gasteiger partial charge in [0, 0.05) is 23.4 Å². The summed E-state index contributed by atoms with van der Waals surface area (Å²) in [6, 6.07) is 14.7. The number of benzene rings is 2. The van der Waals surface area contributed by atoms with Crippen molar-refractivity contribution < 1.29 is 14.7 Å². The zero-order chi connectivity index (χ0) is 22.2. The van der Waals surface area contributed by atoms with Crippen LogP contribution in [-0.4, -0.2) is 31.6 Å². The van der Waals surface area contributed by atoms with Gasteiger partial charge >= 0.3 is 5.97 Å². The van der Waals surface area contributed by atoms with Crippen molar-refractivity contribution in [2.75, 3.05) is 5.32 Å². The molecule has 1 atom stereocenters. The SMILES string of the molecule is Cc1ccc([C@H]2C3=C(CCCC3=O)Nc3nc(SCc4ccc(C(=O)O)cc4)nn32)cc1. The van der Waals surface area contributed by atoms with E-state index in [1.165, 1.54) is 11.8 Å². The lowest BCUT2D eigenvalue weighted by Gasteiger charge is -2.32. The number of fused-ring (bicyclic) bond motifs is 1. The number of rotatable bonds is 5. The van der Waals surface area contributed by atoms with Crippen LogP contribution in [0, 0.1) is 6.92 Å². The molecule has 1 aliphatic carbocycles. The van der Waals surface area contributed by atoms with Crippen molar-refractivity contribution >= 4 is 29.5 Å². The highest BCUT2D eigenvalue weighted by Gasteiger charge is 2.36. The van der Waals surface area contributed by atoms with Gasteiger partial charge < -0.3 is 10.4 Å². The molecular weight excluding hydrogens is 424 g/mol. The van der Waals surface area contributed by atoms with E-state index in [1.54, 1.807) is 24.3 Å². The van der Waals surface area contributed by atoms with Gasteiger partial charge in [0.25, 0.3) is 0 Å². The fraction of sp³-hybridized carbons (Fsp3) is 0.250. The first-order valence-electron chi connectivity index (χ1n) is 10.5. The molecule has 2 N–H and O–H groups in total. The number of carbonyl (C=O) groups is 2. The van der Waals surface area contributed by atoms with Crippen LogP contribution >= 0.6 is 11.8 Å². The monoisotopic (exact) mass is 446 g/mol. The predicted molar refractivity (Wildman–Crippen MR) is 122 cm³/mol. The first kappa shape index (κ1) is 20.5. The van der Waals surface area contributed by atoms with Crippen LogP contribution in [0.5, 0.6) is 0 Å². The van der Waals surface area contributed by atoms with Crippen LogP contribution in [-0.2, 0) is 10.5 Å². The Kier molecular flexibility index (Phi) is 5.30. The van der Waals surface area contributed by atoms with E-state index in [9.17, 15) is 9.59 Å². The smallest absolute Gasteiger partial charge is 0.335 e. The molecule has 0 fully saturated rings. The molecule has 2 aromatic carbocycles. The van der Waals surface area contributed by atoms with Crippen LogP contribution in [0.15, 0.2) is 65.0 Å². The zero-order valence-electron chi connectivity index (χ0n) is 17.5. The minimum Gasteiger partial charge on any atom is -0.478 e. The second-order valence-electron chi connectivity index (χ2n) is 8.06. The fourth-order valence-electron chi connectivity index (χ4n) is 4.15. The molecule has 2 heterocycles. The first-order chi connectivity index (χ1) is 15.5. The molecule has 0 saturated carbocycles. The third kappa shape index (κ3) is 3.82. The van der Waals surface area contributed by atoms with Crippen molar-refractivity contribution in [2.24, 2.45) is 0 Å². The highest BCUT2D eigenvalue weighted by molar-refractivity contribution is 7.98. The number of carboxylic acid groups (broad SMARTS) is 1. The maximum absolute atomic E-state index is 12.9. The Morgan fingerprint density at radius 3 is 2.62 bits per heavy atom. The molecule has 0 bridgehead atoms. The Labute approximate surface area is 189 Å². The molecule has 1 aromatic heterocycles. The number of hydrogen-bond donors (Lipinski definition) is 2. The van der Waals surface area contributed by atoms with Gasteiger partial charge in [-0.25, -0.2) is 9.48 Å². The number of allylic oxidation sites excluding steroid dienone is 2. The number of nitrogens with zero attached hydrogens (tertiary/aromatic N) is 3. The number of anilines is 1. The summed E-state index contributed by atoms with van der Waals surface area (Å²) in [5.41, 5.74) is 5.18. The summed E-state index contributed by atoms with van der Waals surface area (Å²) in [6.45, 7) is 2.04. The number of nitrogens with one attached hydrogen (secondary N) is 1. The van der Waals surface area contributed by atoms with Gasteiger partial charge in [0.15, 0.2) is 5.78 Å². The number of aryl methyl sites for hydroxylation is 1. The van der Waals surface area contributed by atoms with E-state index in [0.29, 0.717) is 23.3 Å². The van der Waals surface area contributed by atoms with Crippen LogP contribution in [0.4, 0.5) is 5.95 Å². The minimum atomic E-state index is -0.938. The number of carbonyl (C=O) groups excluding carboxylic acids is 1. The van der Waals surface area contributed by atoms with E-state index in [2.05, 4.69) is 34.6 Å². The molecule has 5 rings (SSSR count). The first-order valence-corrected chi connectivity index (χ1v) is 11.5. The number of carboxylic acids is 1. The number of aromatic carboxylic acids is 1. The zero-order valence-corrected chi connectivity index (χ0v) is 18.4. The van der Waals surface area contributed by atoms with E-state index in [0.717, 1.165) is 40.8 Å². The van der Waals surface area contributed by atoms with Crippen LogP contribution in [0.2, 0.25) is 0 Å². The van der Waals surface area contributed by atoms with Crippen molar-refractivity contribution in [2.45, 2.75) is 43.1 Å². The molecule has 3 aromatic rings. The molecule has 0 spiro atoms. The Hall–Kier alpha value is -3.39. The van der Waals surface area contributed by atoms with Crippen molar-refractivity contribution in [1.82, 2.24) is 14.8 Å². The molecule has 0 saturated heterocycles. The largest absolute Gasteiger partial charge is 0.478 e. The minimum absolute atomic E-state index is 0.165. The van der Waals surface area contributed by atoms with Gasteiger partial charge in [-0.1, -0.05) is 53.7 Å². The number of thioether (sulfide) groups is 1. The number of aromatic nitrogens is 3. The molecule has 0 radical (unpaired) electrons. The van der Waals surface area contributed by atoms with E-state index >= 15 is 0 Å². The Morgan fingerprint density at radius 1 is 1.16 bits per heavy atom. The molecule has 8 heteroatoms. The molecule has 162 valence electrons. The Morgan fingerprint density at radius 2 is 1.91 bits per heavy atom. The normalized spacial score (nSPS) is 17.5. The van der Waals surface area contributed by atoms with Crippen molar-refractivity contribution in [3.05, 3.63) is 82.1 Å². The molecule has 32 heavy (non-hydrogen) atoms. The summed E-state index contributed by atoms with van der Waals surface area (Å²) in [7, 11) is 0. The second kappa shape index (κ2) is 8.27. The number of Topliss-reactive ketones (excluding diaryl/α,β-unsaturated/α-hetero) is 1. The van der Waals surface area contributed by atoms with Gasteiger partial charge in [0.05, 0.1) is 5.56 Å². The summed E-state index contributed by atoms with van der Waals surface area (Å²) in [4.78, 5) is 28.6. The van der Waals surface area contributed by atoms with E-state index < -0.39 is 5.97 Å². The fourth-order valence-corrected chi connectivity index (χ4v) is 4.93. The van der Waals surface area contributed by atoms with Crippen molar-refractivity contribution in [3.63, 3.8) is 0 Å². The maximum Gasteiger partial charge on any atom is 0.335 e. The van der Waals surface area contributed by atoms with Gasteiger partial charge in [-0.15, -0.1) is 5.10 Å². The summed E-state index contributed by atoms with van der Waals surface area (Å²) < 4.78 is 1.82. The standard InChI is InChI=1S/C24H22N4O3S/c1-14-5-9-16(10-6-14)21-20-18(3-2-4-19(20)29)25-23-26-24(27-28(21)23)32-13-15-7-11-17(12-8-15)22(30)31/h5-12,21H,2-4,13H2,1H3,(H,30,31)(H,25,26,27)/t21-/m0/s1. The third-order valence-electron chi connectivity index (χ3n) is 5.81. The lowest BCUT2D eigenvalue weighted by molar-refractivity contribution is -0.116. The second-order valence-corrected chi connectivity index (χ2v) is 9.00. The highest BCUT2D eigenvalue weighted by atomic mass is 32.2. The maximum atomic E-state index is 12.9. The van der Waals surface area contributed by atoms with Crippen molar-refractivity contribution in [3.8, 4) is 0 Å². The van der Waals surface area contributed by atoms with Crippen molar-refractivity contribution in [1.29, 1.82) is 0 Å². The summed E-state index contributed by atoms with van der Waals surface area (Å²) in [5, 5.41) is 17.8. The average Bonchev–Trinajstić information content (AvgIpc) is 3.20. The Balaban J connectivity index is 1.45. The van der Waals surface area contributed by atoms with E-state index in [1.807, 2.05) is 11.6 Å². The third-order valence-corrected chi connectivity index (χ3v) is 6.72. The molecule has 2 aliphatic rings. The van der Waals surface area contributed by atoms with Crippen LogP contribution in [0.1, 0.15) is 52.4 Å². The molecule has 0 amide bonds. The molecule has 0 unspecified atom stereocenters. The van der Waals surface area contributed by atoms with Gasteiger partial charge in [-0.05, 0) is 43.0 Å². The highest BCUT2D eigenvalue weighted by Crippen LogP contribution is 2.40. The van der Waals surface area contributed by atoms with Crippen LogP contribution in [0.25, 0.3) is 0 Å². The summed E-state index contributed by atoms with van der Waals surface area (Å²) in [6.07, 6.45) is 2.23. The van der Waals surface area contributed by atoms with E-state index in [-0.39, 0.29) is 17.4 Å². The topological polar surface area (TPSA) is 97.1 Å². The Bertz CT molecular complexity index is 1230. The molecule has 7 nitrogen and oxygen atoms in total. The average molecular weight is 447 g/mol. The lowest BCUT2D eigenvalue weighted by Crippen LogP contribution is -2.31. The lowest BCUT2D eigenvalue weighted by atomic mass is 9.85. The molecular formula is C24H22N4O3S. The molecule has 1 aliphatic heterocycles. The van der Waals surface area contributed by atoms with E-state index in [4.69, 9.17) is 10.2 Å². The number of ketones is 1. The van der Waals surface area contributed by atoms with Crippen LogP contribution < -0.4 is 5.32 Å².